The van der Waals surface area contributed by atoms with Gasteiger partial charge in [0.1, 0.15) is 17.9 Å². The molecule has 5 atom stereocenters. The molecule has 1 spiro atoms. The molecule has 1 aromatic rings. The lowest BCUT2D eigenvalue weighted by Crippen LogP contribution is -2.62. The van der Waals surface area contributed by atoms with E-state index in [1.165, 1.54) is 49.7 Å². The molecule has 2 saturated heterocycles. The zero-order chi connectivity index (χ0) is 19.6. The van der Waals surface area contributed by atoms with E-state index in [-0.39, 0.29) is 17.9 Å². The van der Waals surface area contributed by atoms with E-state index in [2.05, 4.69) is 42.3 Å². The van der Waals surface area contributed by atoms with Gasteiger partial charge in [-0.2, -0.15) is 0 Å². The molecule has 1 aromatic carbocycles. The summed E-state index contributed by atoms with van der Waals surface area (Å²) in [4.78, 5) is 7.95. The van der Waals surface area contributed by atoms with Crippen LogP contribution in [0.2, 0.25) is 0 Å². The number of fused-ring (bicyclic) bond motifs is 3. The zero-order valence-electron chi connectivity index (χ0n) is 17.6. The fraction of sp³-hybridized carbons (Fsp3) is 0.640. The van der Waals surface area contributed by atoms with E-state index in [1.54, 1.807) is 7.11 Å². The van der Waals surface area contributed by atoms with Crippen LogP contribution in [0, 0.1) is 17.8 Å². The second-order valence-corrected chi connectivity index (χ2v) is 9.87. The fourth-order valence-electron chi connectivity index (χ4n) is 7.14. The van der Waals surface area contributed by atoms with Crippen LogP contribution < -0.4 is 4.74 Å². The standard InChI is InChI=1S/C25H32N2O2/c1-3-8-27-20-12-16-9-17(13-20)11-19(10-16)25(27)15-26-24-22-14-21(28-2)6-4-18(22)5-7-23(24)29-25/h4-7,14-17,19-20,23-24H,3,8-13H2,1-2H3. The minimum atomic E-state index is -0.313. The van der Waals surface area contributed by atoms with Gasteiger partial charge in [0.15, 0.2) is 5.72 Å². The Kier molecular flexibility index (Phi) is 4.18. The lowest BCUT2D eigenvalue weighted by Gasteiger charge is -2.50. The van der Waals surface area contributed by atoms with Gasteiger partial charge < -0.3 is 9.47 Å². The summed E-state index contributed by atoms with van der Waals surface area (Å²) in [5.41, 5.74) is 2.14. The van der Waals surface area contributed by atoms with Gasteiger partial charge in [-0.3, -0.25) is 9.89 Å². The molecule has 154 valence electrons. The number of benzene rings is 1. The van der Waals surface area contributed by atoms with E-state index >= 15 is 0 Å². The Bertz CT molecular complexity index is 850. The number of aliphatic imine (C=N–C) groups is 1. The number of rotatable bonds is 3. The molecule has 3 aliphatic heterocycles. The van der Waals surface area contributed by atoms with Gasteiger partial charge >= 0.3 is 0 Å². The minimum absolute atomic E-state index is 0.00892. The summed E-state index contributed by atoms with van der Waals surface area (Å²) in [6.07, 6.45) is 14.7. The first-order valence-corrected chi connectivity index (χ1v) is 11.5. The third-order valence-corrected chi connectivity index (χ3v) is 8.19. The summed E-state index contributed by atoms with van der Waals surface area (Å²) in [5.74, 6) is 3.25. The van der Waals surface area contributed by atoms with Gasteiger partial charge in [-0.25, -0.2) is 0 Å². The highest BCUT2D eigenvalue weighted by Gasteiger charge is 2.58. The average Bonchev–Trinajstić information content (AvgIpc) is 2.87. The van der Waals surface area contributed by atoms with Crippen LogP contribution in [0.15, 0.2) is 29.3 Å². The van der Waals surface area contributed by atoms with Crippen molar-refractivity contribution in [1.29, 1.82) is 0 Å². The third kappa shape index (κ3) is 2.68. The van der Waals surface area contributed by atoms with Crippen molar-refractivity contribution in [2.45, 2.75) is 69.4 Å². The molecule has 0 aromatic heterocycles. The van der Waals surface area contributed by atoms with Crippen LogP contribution in [-0.2, 0) is 4.74 Å². The second-order valence-electron chi connectivity index (χ2n) is 9.87. The zero-order valence-corrected chi connectivity index (χ0v) is 17.6. The van der Waals surface area contributed by atoms with E-state index in [1.807, 2.05) is 6.07 Å². The first-order chi connectivity index (χ1) is 14.2. The molecule has 3 aliphatic carbocycles. The van der Waals surface area contributed by atoms with Crippen LogP contribution in [0.4, 0.5) is 0 Å². The van der Waals surface area contributed by atoms with E-state index in [9.17, 15) is 0 Å². The first-order valence-electron chi connectivity index (χ1n) is 11.5. The SMILES string of the molecule is CCCN1C2CC3CC(C2)CC(C3)C12C=NC1c3cc(OC)ccc3C=CC1O2. The highest BCUT2D eigenvalue weighted by molar-refractivity contribution is 5.72. The number of ether oxygens (including phenoxy) is 2. The van der Waals surface area contributed by atoms with E-state index in [0.717, 1.165) is 24.1 Å². The van der Waals surface area contributed by atoms with Crippen molar-refractivity contribution in [3.05, 3.63) is 35.4 Å². The van der Waals surface area contributed by atoms with Crippen molar-refractivity contribution in [2.24, 2.45) is 22.7 Å². The summed E-state index contributed by atoms with van der Waals surface area (Å²) in [5, 5.41) is 0. The Balaban J connectivity index is 1.42. The Morgan fingerprint density at radius 2 is 2.00 bits per heavy atom. The quantitative estimate of drug-likeness (QED) is 0.737. The topological polar surface area (TPSA) is 34.1 Å². The number of nitrogens with zero attached hydrogens (tertiary/aromatic N) is 2. The van der Waals surface area contributed by atoms with Gasteiger partial charge in [-0.15, -0.1) is 0 Å². The Morgan fingerprint density at radius 1 is 1.17 bits per heavy atom. The van der Waals surface area contributed by atoms with Crippen LogP contribution in [0.3, 0.4) is 0 Å². The maximum atomic E-state index is 7.13. The average molecular weight is 393 g/mol. The molecule has 7 rings (SSSR count). The molecule has 5 unspecified atom stereocenters. The molecule has 4 nitrogen and oxygen atoms in total. The van der Waals surface area contributed by atoms with Crippen LogP contribution >= 0.6 is 0 Å². The van der Waals surface area contributed by atoms with Gasteiger partial charge in [0.05, 0.1) is 7.11 Å². The molecule has 4 bridgehead atoms. The highest BCUT2D eigenvalue weighted by atomic mass is 16.5. The lowest BCUT2D eigenvalue weighted by molar-refractivity contribution is -0.175. The summed E-state index contributed by atoms with van der Waals surface area (Å²) in [7, 11) is 1.73. The summed E-state index contributed by atoms with van der Waals surface area (Å²) < 4.78 is 12.6. The number of hydrogen-bond acceptors (Lipinski definition) is 4. The van der Waals surface area contributed by atoms with Gasteiger partial charge in [-0.1, -0.05) is 25.1 Å². The van der Waals surface area contributed by atoms with Gasteiger partial charge in [0.25, 0.3) is 0 Å². The lowest BCUT2D eigenvalue weighted by atomic mass is 9.66. The van der Waals surface area contributed by atoms with E-state index in [4.69, 9.17) is 14.5 Å². The van der Waals surface area contributed by atoms with Crippen LogP contribution in [0.25, 0.3) is 6.08 Å². The van der Waals surface area contributed by atoms with Crippen molar-refractivity contribution in [3.8, 4) is 5.75 Å². The summed E-state index contributed by atoms with van der Waals surface area (Å²) in [6, 6.07) is 7.00. The van der Waals surface area contributed by atoms with E-state index in [0.29, 0.717) is 12.0 Å². The van der Waals surface area contributed by atoms with E-state index < -0.39 is 0 Å². The molecule has 0 N–H and O–H groups in total. The highest BCUT2D eigenvalue weighted by Crippen LogP contribution is 2.55. The van der Waals surface area contributed by atoms with Crippen LogP contribution in [0.5, 0.6) is 5.75 Å². The van der Waals surface area contributed by atoms with Gasteiger partial charge in [-0.05, 0) is 73.6 Å². The van der Waals surface area contributed by atoms with Gasteiger partial charge in [0, 0.05) is 24.7 Å². The smallest absolute Gasteiger partial charge is 0.161 e. The second kappa shape index (κ2) is 6.68. The predicted molar refractivity (Wildman–Crippen MR) is 115 cm³/mol. The molecule has 4 fully saturated rings. The largest absolute Gasteiger partial charge is 0.497 e. The third-order valence-electron chi connectivity index (χ3n) is 8.19. The Hall–Kier alpha value is -1.65. The van der Waals surface area contributed by atoms with Crippen LogP contribution in [0.1, 0.15) is 62.6 Å². The minimum Gasteiger partial charge on any atom is -0.497 e. The molecular weight excluding hydrogens is 360 g/mol. The predicted octanol–water partition coefficient (Wildman–Crippen LogP) is 4.85. The van der Waals surface area contributed by atoms with Crippen molar-refractivity contribution >= 4 is 12.3 Å². The number of hydrogen-bond donors (Lipinski definition) is 0. The molecular formula is C25H32N2O2. The maximum absolute atomic E-state index is 7.13. The van der Waals surface area contributed by atoms with Crippen molar-refractivity contribution in [2.75, 3.05) is 13.7 Å². The molecule has 0 amide bonds. The molecule has 3 heterocycles. The van der Waals surface area contributed by atoms with Gasteiger partial charge in [0.2, 0.25) is 0 Å². The molecule has 0 radical (unpaired) electrons. The molecule has 6 aliphatic rings. The first kappa shape index (κ1) is 18.1. The summed E-state index contributed by atoms with van der Waals surface area (Å²) >= 11 is 0. The number of methoxy groups -OCH3 is 1. The maximum Gasteiger partial charge on any atom is 0.161 e. The fourth-order valence-corrected chi connectivity index (χ4v) is 7.14. The molecule has 29 heavy (non-hydrogen) atoms. The monoisotopic (exact) mass is 392 g/mol. The van der Waals surface area contributed by atoms with Crippen molar-refractivity contribution in [3.63, 3.8) is 0 Å². The Morgan fingerprint density at radius 3 is 2.76 bits per heavy atom. The molecule has 2 saturated carbocycles. The Labute approximate surface area is 174 Å². The van der Waals surface area contributed by atoms with Crippen LogP contribution in [-0.4, -0.2) is 42.6 Å². The molecule has 4 heteroatoms. The van der Waals surface area contributed by atoms with Crippen molar-refractivity contribution < 1.29 is 9.47 Å². The summed E-state index contributed by atoms with van der Waals surface area (Å²) in [6.45, 7) is 3.41. The van der Waals surface area contributed by atoms with Crippen molar-refractivity contribution in [1.82, 2.24) is 4.90 Å². The normalized spacial score (nSPS) is 42.0.